The molecule has 0 radical (unpaired) electrons. The average molecular weight is 580 g/mol. The molecule has 1 aromatic rings. The van der Waals surface area contributed by atoms with Crippen molar-refractivity contribution in [2.45, 2.75) is 65.3 Å². The van der Waals surface area contributed by atoms with Crippen molar-refractivity contribution in [3.8, 4) is 0 Å². The molecular formula is C28H32F3N3O5S. The van der Waals surface area contributed by atoms with Crippen molar-refractivity contribution < 1.29 is 37.0 Å². The molecule has 3 aliphatic rings. The second-order valence-corrected chi connectivity index (χ2v) is 10.9. The fourth-order valence-electron chi connectivity index (χ4n) is 5.00. The minimum absolute atomic E-state index is 0.0374. The molecule has 0 N–H and O–H groups in total. The van der Waals surface area contributed by atoms with Gasteiger partial charge in [0, 0.05) is 18.8 Å². The van der Waals surface area contributed by atoms with Gasteiger partial charge in [0.05, 0.1) is 47.9 Å². The predicted molar refractivity (Wildman–Crippen MR) is 144 cm³/mol. The van der Waals surface area contributed by atoms with Crippen LogP contribution in [0.1, 0.15) is 64.1 Å². The molecule has 4 rings (SSSR count). The molecule has 0 saturated carbocycles. The summed E-state index contributed by atoms with van der Waals surface area (Å²) in [4.78, 5) is 46.9. The van der Waals surface area contributed by atoms with E-state index in [1.54, 1.807) is 42.9 Å². The number of benzene rings is 1. The van der Waals surface area contributed by atoms with Gasteiger partial charge < -0.3 is 19.3 Å². The lowest BCUT2D eigenvalue weighted by molar-refractivity contribution is -0.151. The van der Waals surface area contributed by atoms with Crippen molar-refractivity contribution in [1.29, 1.82) is 0 Å². The van der Waals surface area contributed by atoms with Crippen LogP contribution in [0.2, 0.25) is 0 Å². The lowest BCUT2D eigenvalue weighted by Crippen LogP contribution is -2.44. The molecule has 1 saturated heterocycles. The number of alkyl halides is 3. The molecule has 1 fully saturated rings. The number of aliphatic imine (C=N–C) groups is 1. The lowest BCUT2D eigenvalue weighted by Gasteiger charge is -2.37. The molecule has 0 unspecified atom stereocenters. The summed E-state index contributed by atoms with van der Waals surface area (Å²) in [6.07, 6.45) is -3.67. The van der Waals surface area contributed by atoms with Crippen LogP contribution in [0.15, 0.2) is 51.6 Å². The smallest absolute Gasteiger partial charge is 0.416 e. The number of ether oxygens (including phenoxy) is 2. The third-order valence-electron chi connectivity index (χ3n) is 6.84. The number of halogens is 3. The van der Waals surface area contributed by atoms with Crippen molar-refractivity contribution >= 4 is 34.8 Å². The number of rotatable bonds is 7. The zero-order valence-corrected chi connectivity index (χ0v) is 23.6. The van der Waals surface area contributed by atoms with Crippen molar-refractivity contribution in [2.24, 2.45) is 10.9 Å². The van der Waals surface area contributed by atoms with Gasteiger partial charge in [-0.3, -0.25) is 9.59 Å². The zero-order valence-electron chi connectivity index (χ0n) is 22.8. The van der Waals surface area contributed by atoms with E-state index in [0.717, 1.165) is 12.1 Å². The second-order valence-electron chi connectivity index (χ2n) is 10.1. The Morgan fingerprint density at radius 2 is 1.88 bits per heavy atom. The number of piperidine rings is 1. The number of nitrogens with zero attached hydrogens (tertiary/aromatic N) is 3. The Morgan fingerprint density at radius 1 is 1.18 bits per heavy atom. The van der Waals surface area contributed by atoms with E-state index in [9.17, 15) is 27.6 Å². The molecule has 0 aliphatic carbocycles. The quantitative estimate of drug-likeness (QED) is 0.399. The Morgan fingerprint density at radius 3 is 2.50 bits per heavy atom. The molecule has 216 valence electrons. The molecule has 0 spiro atoms. The summed E-state index contributed by atoms with van der Waals surface area (Å²) >= 11 is 1.28. The first-order valence-corrected chi connectivity index (χ1v) is 14.1. The van der Waals surface area contributed by atoms with Crippen LogP contribution in [0.5, 0.6) is 0 Å². The standard InChI is InChI=1S/C28H32F3N3O5S/c1-5-38-25(36)19-7-6-12-33(14-19)22(35)13-21-15-40-27-32-17(4)23(26(37)39-16(2)3)24(34(21)27)18-8-10-20(11-9-18)28(29,30)31/h8-11,15-16,19,24H,5-7,12-14H2,1-4H3/t19-,24+/m1/s1. The molecule has 3 aliphatic heterocycles. The van der Waals surface area contributed by atoms with E-state index in [1.807, 2.05) is 0 Å². The Hall–Kier alpha value is -3.28. The summed E-state index contributed by atoms with van der Waals surface area (Å²) in [5.74, 6) is -1.54. The van der Waals surface area contributed by atoms with Gasteiger partial charge >= 0.3 is 18.1 Å². The highest BCUT2D eigenvalue weighted by Gasteiger charge is 2.42. The maximum atomic E-state index is 13.4. The first-order chi connectivity index (χ1) is 18.9. The highest BCUT2D eigenvalue weighted by Crippen LogP contribution is 2.45. The van der Waals surface area contributed by atoms with E-state index in [2.05, 4.69) is 4.99 Å². The van der Waals surface area contributed by atoms with Crippen LogP contribution < -0.4 is 0 Å². The Balaban J connectivity index is 1.64. The topological polar surface area (TPSA) is 88.5 Å². The van der Waals surface area contributed by atoms with Crippen LogP contribution >= 0.6 is 11.8 Å². The van der Waals surface area contributed by atoms with Gasteiger partial charge in [-0.1, -0.05) is 23.9 Å². The summed E-state index contributed by atoms with van der Waals surface area (Å²) in [5, 5.41) is 2.28. The second kappa shape index (κ2) is 12.1. The highest BCUT2D eigenvalue weighted by atomic mass is 32.2. The van der Waals surface area contributed by atoms with Gasteiger partial charge in [0.25, 0.3) is 0 Å². The van der Waals surface area contributed by atoms with Crippen LogP contribution in [0.25, 0.3) is 0 Å². The van der Waals surface area contributed by atoms with Gasteiger partial charge in [-0.15, -0.1) is 0 Å². The van der Waals surface area contributed by atoms with E-state index in [1.165, 1.54) is 23.9 Å². The zero-order chi connectivity index (χ0) is 29.2. The van der Waals surface area contributed by atoms with Crippen LogP contribution in [0.3, 0.4) is 0 Å². The summed E-state index contributed by atoms with van der Waals surface area (Å²) < 4.78 is 50.5. The first kappa shape index (κ1) is 29.7. The number of fused-ring (bicyclic) bond motifs is 1. The summed E-state index contributed by atoms with van der Waals surface area (Å²) in [6, 6.07) is 3.78. The van der Waals surface area contributed by atoms with Gasteiger partial charge in [0.15, 0.2) is 5.17 Å². The van der Waals surface area contributed by atoms with Crippen LogP contribution in [-0.2, 0) is 30.0 Å². The van der Waals surface area contributed by atoms with E-state index in [-0.39, 0.29) is 42.9 Å². The summed E-state index contributed by atoms with van der Waals surface area (Å²) in [6.45, 7) is 7.83. The van der Waals surface area contributed by atoms with Gasteiger partial charge in [-0.05, 0) is 63.6 Å². The number of amidine groups is 1. The van der Waals surface area contributed by atoms with Crippen molar-refractivity contribution in [2.75, 3.05) is 19.7 Å². The maximum absolute atomic E-state index is 13.4. The monoisotopic (exact) mass is 579 g/mol. The van der Waals surface area contributed by atoms with E-state index in [4.69, 9.17) is 9.47 Å². The summed E-state index contributed by atoms with van der Waals surface area (Å²) in [7, 11) is 0. The SMILES string of the molecule is CCOC(=O)[C@@H]1CCCN(C(=O)CC2=CSC3=NC(C)=C(C(=O)OC(C)C)[C@H](c4ccc(C(F)(F)F)cc4)N23)C1. The van der Waals surface area contributed by atoms with E-state index in [0.29, 0.717) is 41.5 Å². The molecule has 8 nitrogen and oxygen atoms in total. The predicted octanol–water partition coefficient (Wildman–Crippen LogP) is 5.42. The largest absolute Gasteiger partial charge is 0.466 e. The molecule has 1 aromatic carbocycles. The number of hydrogen-bond donors (Lipinski definition) is 0. The molecule has 40 heavy (non-hydrogen) atoms. The molecule has 2 atom stereocenters. The average Bonchev–Trinajstić information content (AvgIpc) is 3.28. The number of allylic oxidation sites excluding steroid dienone is 1. The van der Waals surface area contributed by atoms with Crippen LogP contribution in [0, 0.1) is 5.92 Å². The Kier molecular flexibility index (Phi) is 8.96. The fraction of sp³-hybridized carbons (Fsp3) is 0.500. The van der Waals surface area contributed by atoms with Gasteiger partial charge in [-0.2, -0.15) is 13.2 Å². The summed E-state index contributed by atoms with van der Waals surface area (Å²) in [5.41, 5.74) is 0.758. The number of hydrogen-bond acceptors (Lipinski definition) is 8. The third-order valence-corrected chi connectivity index (χ3v) is 7.73. The number of amides is 1. The van der Waals surface area contributed by atoms with Crippen LogP contribution in [-0.4, -0.2) is 58.6 Å². The normalized spacial score (nSPS) is 21.2. The van der Waals surface area contributed by atoms with E-state index < -0.39 is 29.9 Å². The maximum Gasteiger partial charge on any atom is 0.416 e. The number of carbonyl (C=O) groups is 3. The fourth-order valence-corrected chi connectivity index (χ4v) is 5.97. The first-order valence-electron chi connectivity index (χ1n) is 13.2. The highest BCUT2D eigenvalue weighted by molar-refractivity contribution is 8.16. The van der Waals surface area contributed by atoms with Crippen molar-refractivity contribution in [3.05, 3.63) is 57.8 Å². The van der Waals surface area contributed by atoms with Crippen molar-refractivity contribution in [1.82, 2.24) is 9.80 Å². The number of thioether (sulfide) groups is 1. The number of carbonyl (C=O) groups excluding carboxylic acids is 3. The lowest BCUT2D eigenvalue weighted by atomic mass is 9.93. The van der Waals surface area contributed by atoms with Gasteiger partial charge in [-0.25, -0.2) is 9.79 Å². The number of esters is 2. The third kappa shape index (κ3) is 6.37. The molecular weight excluding hydrogens is 547 g/mol. The van der Waals surface area contributed by atoms with Gasteiger partial charge in [0.2, 0.25) is 5.91 Å². The molecule has 3 heterocycles. The molecule has 12 heteroatoms. The van der Waals surface area contributed by atoms with Crippen LogP contribution in [0.4, 0.5) is 13.2 Å². The van der Waals surface area contributed by atoms with E-state index >= 15 is 0 Å². The molecule has 1 amide bonds. The van der Waals surface area contributed by atoms with Gasteiger partial charge in [0.1, 0.15) is 0 Å². The Bertz CT molecular complexity index is 1260. The number of likely N-dealkylation sites (tertiary alicyclic amines) is 1. The Labute approximate surface area is 235 Å². The molecule has 0 bridgehead atoms. The minimum atomic E-state index is -4.51. The molecule has 0 aromatic heterocycles. The van der Waals surface area contributed by atoms with Crippen molar-refractivity contribution in [3.63, 3.8) is 0 Å². The minimum Gasteiger partial charge on any atom is -0.466 e.